The molecule has 0 amide bonds. The molecule has 0 bridgehead atoms. The molecule has 2 aromatic carbocycles. The van der Waals surface area contributed by atoms with Gasteiger partial charge in [-0.15, -0.1) is 0 Å². The summed E-state index contributed by atoms with van der Waals surface area (Å²) in [4.78, 5) is 0.252. The van der Waals surface area contributed by atoms with Crippen molar-refractivity contribution >= 4 is 10.0 Å². The lowest BCUT2D eigenvalue weighted by Gasteiger charge is -2.26. The molecule has 2 aromatic rings. The summed E-state index contributed by atoms with van der Waals surface area (Å²) in [5.41, 5.74) is 1.87. The van der Waals surface area contributed by atoms with E-state index in [4.69, 9.17) is 4.74 Å². The van der Waals surface area contributed by atoms with Crippen molar-refractivity contribution in [1.82, 2.24) is 10.0 Å². The molecule has 0 aliphatic heterocycles. The molecule has 32 heavy (non-hydrogen) atoms. The predicted molar refractivity (Wildman–Crippen MR) is 129 cm³/mol. The Morgan fingerprint density at radius 2 is 1.69 bits per heavy atom. The SMILES string of the molecule is COc1ccc(S(=O)(=O)NC[C@H](O)CNCc2ccccc2)c([C@@H](CC(C)C)C(C)C)c1. The molecule has 0 radical (unpaired) electrons. The summed E-state index contributed by atoms with van der Waals surface area (Å²) in [5.74, 6) is 1.41. The van der Waals surface area contributed by atoms with Crippen molar-refractivity contribution in [2.75, 3.05) is 20.2 Å². The van der Waals surface area contributed by atoms with Crippen LogP contribution in [-0.4, -0.2) is 39.8 Å². The lowest BCUT2D eigenvalue weighted by atomic mass is 9.82. The smallest absolute Gasteiger partial charge is 0.240 e. The molecule has 0 heterocycles. The van der Waals surface area contributed by atoms with E-state index in [1.165, 1.54) is 0 Å². The fraction of sp³-hybridized carbons (Fsp3) is 0.520. The fourth-order valence-electron chi connectivity index (χ4n) is 3.79. The third kappa shape index (κ3) is 7.89. The van der Waals surface area contributed by atoms with Crippen molar-refractivity contribution in [3.8, 4) is 5.75 Å². The number of hydrogen-bond acceptors (Lipinski definition) is 5. The average Bonchev–Trinajstić information content (AvgIpc) is 2.76. The van der Waals surface area contributed by atoms with Crippen LogP contribution >= 0.6 is 0 Å². The zero-order chi connectivity index (χ0) is 23.7. The van der Waals surface area contributed by atoms with Crippen LogP contribution in [0.1, 0.15) is 51.2 Å². The molecule has 0 spiro atoms. The molecule has 2 rings (SSSR count). The number of benzene rings is 2. The van der Waals surface area contributed by atoms with E-state index >= 15 is 0 Å². The van der Waals surface area contributed by atoms with Crippen molar-refractivity contribution in [1.29, 1.82) is 0 Å². The number of aliphatic hydroxyl groups is 1. The molecule has 0 fully saturated rings. The van der Waals surface area contributed by atoms with Crippen LogP contribution in [0.2, 0.25) is 0 Å². The van der Waals surface area contributed by atoms with Crippen LogP contribution in [0.5, 0.6) is 5.75 Å². The quantitative estimate of drug-likeness (QED) is 0.420. The Morgan fingerprint density at radius 3 is 2.28 bits per heavy atom. The number of nitrogens with one attached hydrogen (secondary N) is 2. The van der Waals surface area contributed by atoms with Gasteiger partial charge in [-0.25, -0.2) is 13.1 Å². The number of aliphatic hydroxyl groups excluding tert-OH is 1. The van der Waals surface area contributed by atoms with Crippen LogP contribution in [0, 0.1) is 11.8 Å². The van der Waals surface area contributed by atoms with Gasteiger partial charge in [-0.2, -0.15) is 0 Å². The van der Waals surface area contributed by atoms with Crippen LogP contribution in [-0.2, 0) is 16.6 Å². The van der Waals surface area contributed by atoms with Crippen LogP contribution in [0.4, 0.5) is 0 Å². The first-order chi connectivity index (χ1) is 15.1. The van der Waals surface area contributed by atoms with Gasteiger partial charge in [0.2, 0.25) is 10.0 Å². The first kappa shape index (κ1) is 26.3. The summed E-state index contributed by atoms with van der Waals surface area (Å²) in [5, 5.41) is 13.5. The Morgan fingerprint density at radius 1 is 1.00 bits per heavy atom. The zero-order valence-corrected chi connectivity index (χ0v) is 20.7. The molecule has 0 aliphatic rings. The lowest BCUT2D eigenvalue weighted by Crippen LogP contribution is -2.38. The van der Waals surface area contributed by atoms with E-state index in [-0.39, 0.29) is 29.8 Å². The molecule has 0 aromatic heterocycles. The number of rotatable bonds is 13. The number of sulfonamides is 1. The molecule has 0 unspecified atom stereocenters. The van der Waals surface area contributed by atoms with Gasteiger partial charge in [0, 0.05) is 19.6 Å². The van der Waals surface area contributed by atoms with Crippen LogP contribution in [0.3, 0.4) is 0 Å². The lowest BCUT2D eigenvalue weighted by molar-refractivity contribution is 0.175. The second-order valence-electron chi connectivity index (χ2n) is 9.01. The molecule has 6 nitrogen and oxygen atoms in total. The van der Waals surface area contributed by atoms with E-state index in [0.717, 1.165) is 17.5 Å². The van der Waals surface area contributed by atoms with E-state index in [0.29, 0.717) is 18.2 Å². The molecule has 0 saturated carbocycles. The molecular weight excluding hydrogens is 424 g/mol. The summed E-state index contributed by atoms with van der Waals surface area (Å²) in [6.07, 6.45) is 0.0334. The molecule has 7 heteroatoms. The average molecular weight is 463 g/mol. The Hall–Kier alpha value is -1.93. The monoisotopic (exact) mass is 462 g/mol. The summed E-state index contributed by atoms with van der Waals surface area (Å²) in [6, 6.07) is 15.0. The van der Waals surface area contributed by atoms with Crippen molar-refractivity contribution in [2.45, 2.75) is 57.6 Å². The van der Waals surface area contributed by atoms with Crippen molar-refractivity contribution in [3.63, 3.8) is 0 Å². The normalized spacial score (nSPS) is 14.0. The Kier molecular flexibility index (Phi) is 10.2. The number of methoxy groups -OCH3 is 1. The van der Waals surface area contributed by atoms with Crippen LogP contribution in [0.15, 0.2) is 53.4 Å². The van der Waals surface area contributed by atoms with Gasteiger partial charge in [0.15, 0.2) is 0 Å². The predicted octanol–water partition coefficient (Wildman–Crippen LogP) is 3.91. The standard InChI is InChI=1S/C25H38N2O4S/c1-18(2)13-23(19(3)4)24-14-22(31-5)11-12-25(24)32(29,30)27-17-21(28)16-26-15-20-9-7-6-8-10-20/h6-12,14,18-19,21,23,26-28H,13,15-17H2,1-5H3/t21-,23+/m1/s1. The summed E-state index contributed by atoms with van der Waals surface area (Å²) >= 11 is 0. The number of ether oxygens (including phenoxy) is 1. The largest absolute Gasteiger partial charge is 0.497 e. The second-order valence-corrected chi connectivity index (χ2v) is 10.7. The second kappa shape index (κ2) is 12.3. The summed E-state index contributed by atoms with van der Waals surface area (Å²) in [7, 11) is -2.22. The van der Waals surface area contributed by atoms with Gasteiger partial charge in [0.25, 0.3) is 0 Å². The van der Waals surface area contributed by atoms with E-state index < -0.39 is 16.1 Å². The highest BCUT2D eigenvalue weighted by molar-refractivity contribution is 7.89. The van der Waals surface area contributed by atoms with E-state index in [1.54, 1.807) is 19.2 Å². The van der Waals surface area contributed by atoms with Gasteiger partial charge < -0.3 is 15.2 Å². The van der Waals surface area contributed by atoms with Crippen LogP contribution in [0.25, 0.3) is 0 Å². The molecule has 2 atom stereocenters. The third-order valence-electron chi connectivity index (χ3n) is 5.50. The maximum Gasteiger partial charge on any atom is 0.240 e. The van der Waals surface area contributed by atoms with Gasteiger partial charge in [-0.1, -0.05) is 58.0 Å². The van der Waals surface area contributed by atoms with Gasteiger partial charge in [-0.05, 0) is 53.5 Å². The maximum absolute atomic E-state index is 13.2. The fourth-order valence-corrected chi connectivity index (χ4v) is 5.12. The minimum absolute atomic E-state index is 0.0634. The molecule has 178 valence electrons. The summed E-state index contributed by atoms with van der Waals surface area (Å²) in [6.45, 7) is 9.33. The third-order valence-corrected chi connectivity index (χ3v) is 6.99. The molecule has 0 aliphatic carbocycles. The Labute approximate surface area is 193 Å². The highest BCUT2D eigenvalue weighted by Gasteiger charge is 2.27. The minimum atomic E-state index is -3.80. The van der Waals surface area contributed by atoms with E-state index in [2.05, 4.69) is 37.7 Å². The highest BCUT2D eigenvalue weighted by atomic mass is 32.2. The molecule has 0 saturated heterocycles. The number of hydrogen-bond donors (Lipinski definition) is 3. The van der Waals surface area contributed by atoms with Gasteiger partial charge in [-0.3, -0.25) is 0 Å². The maximum atomic E-state index is 13.2. The van der Waals surface area contributed by atoms with Gasteiger partial charge in [0.1, 0.15) is 5.75 Å². The summed E-state index contributed by atoms with van der Waals surface area (Å²) < 4.78 is 34.3. The topological polar surface area (TPSA) is 87.7 Å². The Balaban J connectivity index is 2.11. The van der Waals surface area contributed by atoms with Gasteiger partial charge in [0.05, 0.1) is 18.1 Å². The minimum Gasteiger partial charge on any atom is -0.497 e. The zero-order valence-electron chi connectivity index (χ0n) is 19.8. The molecular formula is C25H38N2O4S. The van der Waals surface area contributed by atoms with E-state index in [1.807, 2.05) is 36.4 Å². The molecule has 3 N–H and O–H groups in total. The van der Waals surface area contributed by atoms with Crippen LogP contribution < -0.4 is 14.8 Å². The van der Waals surface area contributed by atoms with E-state index in [9.17, 15) is 13.5 Å². The van der Waals surface area contributed by atoms with Crippen molar-refractivity contribution in [2.24, 2.45) is 11.8 Å². The van der Waals surface area contributed by atoms with Crippen molar-refractivity contribution < 1.29 is 18.3 Å². The Bertz CT molecular complexity index is 930. The first-order valence-corrected chi connectivity index (χ1v) is 12.7. The van der Waals surface area contributed by atoms with Gasteiger partial charge >= 0.3 is 0 Å². The van der Waals surface area contributed by atoms with Crippen molar-refractivity contribution in [3.05, 3.63) is 59.7 Å². The highest BCUT2D eigenvalue weighted by Crippen LogP contribution is 2.36. The first-order valence-electron chi connectivity index (χ1n) is 11.2.